The molecule has 0 amide bonds. The smallest absolute Gasteiger partial charge is 0.160 e. The van der Waals surface area contributed by atoms with Gasteiger partial charge in [0.25, 0.3) is 0 Å². The second kappa shape index (κ2) is 10.7. The normalized spacial score (nSPS) is 14.1. The van der Waals surface area contributed by atoms with Crippen LogP contribution in [0.4, 0.5) is 14.6 Å². The van der Waals surface area contributed by atoms with Gasteiger partial charge in [-0.05, 0) is 49.4 Å². The van der Waals surface area contributed by atoms with Gasteiger partial charge in [0.1, 0.15) is 17.7 Å². The van der Waals surface area contributed by atoms with Crippen molar-refractivity contribution in [2.24, 2.45) is 10.8 Å². The number of aromatic nitrogens is 1. The fraction of sp³-hybridized carbons (Fsp3) is 0.238. The van der Waals surface area contributed by atoms with Crippen LogP contribution >= 0.6 is 11.8 Å². The average Bonchev–Trinajstić information content (AvgIpc) is 2.75. The molecule has 0 fully saturated rings. The Balaban J connectivity index is 2.48. The van der Waals surface area contributed by atoms with Crippen LogP contribution in [0.1, 0.15) is 25.8 Å². The first-order valence-electron chi connectivity index (χ1n) is 9.07. The SMILES string of the molecule is C/C=C\C(F)=C(\F)C(CC)N=C(NN)c1cc(-c2ccc(SC)cc2)cnc1N. The molecule has 154 valence electrons. The highest BCUT2D eigenvalue weighted by Gasteiger charge is 2.18. The molecule has 5 N–H and O–H groups in total. The van der Waals surface area contributed by atoms with Crippen molar-refractivity contribution in [1.29, 1.82) is 0 Å². The summed E-state index contributed by atoms with van der Waals surface area (Å²) in [7, 11) is 0. The lowest BCUT2D eigenvalue weighted by atomic mass is 10.0. The van der Waals surface area contributed by atoms with Gasteiger partial charge >= 0.3 is 0 Å². The fourth-order valence-corrected chi connectivity index (χ4v) is 3.07. The van der Waals surface area contributed by atoms with Crippen molar-refractivity contribution in [2.75, 3.05) is 12.0 Å². The van der Waals surface area contributed by atoms with Gasteiger partial charge in [0.05, 0.1) is 5.56 Å². The van der Waals surface area contributed by atoms with Crippen LogP contribution in [-0.4, -0.2) is 23.1 Å². The van der Waals surface area contributed by atoms with Crippen molar-refractivity contribution in [2.45, 2.75) is 31.2 Å². The Kier molecular flexibility index (Phi) is 8.35. The van der Waals surface area contributed by atoms with E-state index in [2.05, 4.69) is 15.4 Å². The topological polar surface area (TPSA) is 89.3 Å². The molecule has 0 saturated heterocycles. The number of allylic oxidation sites excluding steroid dienone is 3. The summed E-state index contributed by atoms with van der Waals surface area (Å²) >= 11 is 1.65. The van der Waals surface area contributed by atoms with Gasteiger partial charge in [-0.3, -0.25) is 4.99 Å². The number of hydrazine groups is 1. The van der Waals surface area contributed by atoms with Crippen LogP contribution in [0.15, 0.2) is 70.2 Å². The molecule has 0 aliphatic rings. The van der Waals surface area contributed by atoms with Crippen molar-refractivity contribution in [3.63, 3.8) is 0 Å². The quantitative estimate of drug-likeness (QED) is 0.151. The van der Waals surface area contributed by atoms with Crippen molar-refractivity contribution >= 4 is 23.4 Å². The summed E-state index contributed by atoms with van der Waals surface area (Å²) in [5, 5.41) is 0. The molecule has 5 nitrogen and oxygen atoms in total. The maximum atomic E-state index is 14.4. The third-order valence-electron chi connectivity index (χ3n) is 4.24. The van der Waals surface area contributed by atoms with Gasteiger partial charge in [-0.25, -0.2) is 19.6 Å². The largest absolute Gasteiger partial charge is 0.383 e. The summed E-state index contributed by atoms with van der Waals surface area (Å²) in [6.45, 7) is 3.31. The number of nitrogens with two attached hydrogens (primary N) is 2. The lowest BCUT2D eigenvalue weighted by molar-refractivity contribution is 0.483. The highest BCUT2D eigenvalue weighted by molar-refractivity contribution is 7.98. The Labute approximate surface area is 174 Å². The predicted octanol–water partition coefficient (Wildman–Crippen LogP) is 4.77. The van der Waals surface area contributed by atoms with E-state index in [-0.39, 0.29) is 18.1 Å². The van der Waals surface area contributed by atoms with E-state index in [4.69, 9.17) is 11.6 Å². The number of benzene rings is 1. The average molecular weight is 418 g/mol. The molecular formula is C21H25F2N5S. The van der Waals surface area contributed by atoms with Gasteiger partial charge in [0.15, 0.2) is 11.7 Å². The number of hydrogen-bond donors (Lipinski definition) is 3. The number of aliphatic imine (C=N–C) groups is 1. The van der Waals surface area contributed by atoms with Crippen LogP contribution in [0.2, 0.25) is 0 Å². The van der Waals surface area contributed by atoms with E-state index >= 15 is 0 Å². The summed E-state index contributed by atoms with van der Waals surface area (Å²) in [4.78, 5) is 9.61. The number of anilines is 1. The first-order valence-corrected chi connectivity index (χ1v) is 10.3. The summed E-state index contributed by atoms with van der Waals surface area (Å²) in [6.07, 6.45) is 6.36. The third kappa shape index (κ3) is 5.65. The Morgan fingerprint density at radius 3 is 2.52 bits per heavy atom. The van der Waals surface area contributed by atoms with Crippen molar-refractivity contribution in [3.8, 4) is 11.1 Å². The molecule has 1 aromatic carbocycles. The molecule has 0 saturated carbocycles. The molecule has 0 aliphatic heterocycles. The summed E-state index contributed by atoms with van der Waals surface area (Å²) in [5.41, 5.74) is 10.6. The number of hydrogen-bond acceptors (Lipinski definition) is 5. The van der Waals surface area contributed by atoms with Crippen LogP contribution in [0.3, 0.4) is 0 Å². The first-order chi connectivity index (χ1) is 13.9. The molecule has 1 atom stereocenters. The van der Waals surface area contributed by atoms with Crippen LogP contribution < -0.4 is 17.0 Å². The second-order valence-corrected chi connectivity index (χ2v) is 7.01. The number of nitrogens with zero attached hydrogens (tertiary/aromatic N) is 2. The van der Waals surface area contributed by atoms with Crippen molar-refractivity contribution in [1.82, 2.24) is 10.4 Å². The van der Waals surface area contributed by atoms with E-state index in [1.54, 1.807) is 37.9 Å². The predicted molar refractivity (Wildman–Crippen MR) is 118 cm³/mol. The highest BCUT2D eigenvalue weighted by atomic mass is 32.2. The number of nitrogen functional groups attached to an aromatic ring is 1. The molecule has 0 bridgehead atoms. The molecule has 2 aromatic rings. The Morgan fingerprint density at radius 1 is 1.28 bits per heavy atom. The number of halogens is 2. The van der Waals surface area contributed by atoms with E-state index in [0.717, 1.165) is 22.1 Å². The van der Waals surface area contributed by atoms with E-state index in [0.29, 0.717) is 5.56 Å². The van der Waals surface area contributed by atoms with Crippen LogP contribution in [0, 0.1) is 0 Å². The minimum atomic E-state index is -1.04. The molecule has 8 heteroatoms. The van der Waals surface area contributed by atoms with Gasteiger partial charge in [-0.2, -0.15) is 0 Å². The standard InChI is InChI=1S/C21H25F2N5S/c1-4-6-17(22)19(23)18(5-2)27-21(28-25)16-11-14(12-26-20(16)24)13-7-9-15(29-3)10-8-13/h4,6-12,18H,5,25H2,1-3H3,(H2,24,26)(H,27,28)/b6-4-,19-17-. The van der Waals surface area contributed by atoms with Gasteiger partial charge in [0.2, 0.25) is 0 Å². The Morgan fingerprint density at radius 2 is 1.97 bits per heavy atom. The lowest BCUT2D eigenvalue weighted by Gasteiger charge is -2.14. The number of amidine groups is 1. The van der Waals surface area contributed by atoms with E-state index in [9.17, 15) is 8.78 Å². The number of thioether (sulfide) groups is 1. The van der Waals surface area contributed by atoms with Gasteiger partial charge in [-0.15, -0.1) is 11.8 Å². The van der Waals surface area contributed by atoms with E-state index in [1.807, 2.05) is 30.5 Å². The molecule has 0 aliphatic carbocycles. The van der Waals surface area contributed by atoms with Crippen molar-refractivity contribution < 1.29 is 8.78 Å². The monoisotopic (exact) mass is 417 g/mol. The molecule has 1 heterocycles. The van der Waals surface area contributed by atoms with Gasteiger partial charge < -0.3 is 11.2 Å². The molecule has 29 heavy (non-hydrogen) atoms. The Bertz CT molecular complexity index is 923. The zero-order chi connectivity index (χ0) is 21.4. The molecular weight excluding hydrogens is 392 g/mol. The van der Waals surface area contributed by atoms with Crippen molar-refractivity contribution in [3.05, 3.63) is 65.9 Å². The molecule has 0 spiro atoms. The van der Waals surface area contributed by atoms with Crippen LogP contribution in [-0.2, 0) is 0 Å². The third-order valence-corrected chi connectivity index (χ3v) is 4.98. The highest BCUT2D eigenvalue weighted by Crippen LogP contribution is 2.26. The summed E-state index contributed by atoms with van der Waals surface area (Å²) in [6, 6.07) is 8.68. The van der Waals surface area contributed by atoms with E-state index in [1.165, 1.54) is 6.08 Å². The fourth-order valence-electron chi connectivity index (χ4n) is 2.66. The van der Waals surface area contributed by atoms with Crippen LogP contribution in [0.5, 0.6) is 0 Å². The molecule has 1 aromatic heterocycles. The number of rotatable bonds is 7. The van der Waals surface area contributed by atoms with Crippen LogP contribution in [0.25, 0.3) is 11.1 Å². The van der Waals surface area contributed by atoms with Gasteiger partial charge in [-0.1, -0.05) is 25.1 Å². The second-order valence-electron chi connectivity index (χ2n) is 6.13. The minimum Gasteiger partial charge on any atom is -0.383 e. The zero-order valence-electron chi connectivity index (χ0n) is 16.6. The first kappa shape index (κ1) is 22.6. The maximum Gasteiger partial charge on any atom is 0.160 e. The Hall–Kier alpha value is -2.71. The molecule has 2 rings (SSSR count). The van der Waals surface area contributed by atoms with Gasteiger partial charge in [0, 0.05) is 16.7 Å². The number of pyridine rings is 1. The molecule has 1 unspecified atom stereocenters. The minimum absolute atomic E-state index is 0.132. The maximum absolute atomic E-state index is 14.4. The molecule has 0 radical (unpaired) electrons. The number of nitrogens with one attached hydrogen (secondary N) is 1. The lowest BCUT2D eigenvalue weighted by Crippen LogP contribution is -2.33. The summed E-state index contributed by atoms with van der Waals surface area (Å²) < 4.78 is 28.3. The summed E-state index contributed by atoms with van der Waals surface area (Å²) in [5.74, 6) is 4.01. The zero-order valence-corrected chi connectivity index (χ0v) is 17.4. The van der Waals surface area contributed by atoms with E-state index < -0.39 is 17.7 Å².